The number of hydrogen-bond acceptors (Lipinski definition) is 4. The minimum absolute atomic E-state index is 0.196. The molecule has 2 aromatic rings. The molecule has 0 bridgehead atoms. The Kier molecular flexibility index (Phi) is 4.13. The summed E-state index contributed by atoms with van der Waals surface area (Å²) in [6.45, 7) is 4.78. The van der Waals surface area contributed by atoms with E-state index in [4.69, 9.17) is 4.74 Å². The van der Waals surface area contributed by atoms with Crippen molar-refractivity contribution in [3.05, 3.63) is 23.5 Å². The summed E-state index contributed by atoms with van der Waals surface area (Å²) in [7, 11) is 0. The highest BCUT2D eigenvalue weighted by molar-refractivity contribution is 7.15. The van der Waals surface area contributed by atoms with Gasteiger partial charge in [-0.2, -0.15) is 0 Å². The minimum atomic E-state index is -0.580. The van der Waals surface area contributed by atoms with Crippen LogP contribution in [0, 0.1) is 5.92 Å². The number of Topliss-reactive ketones (excluding diaryl/α,β-unsaturated/α-hetero) is 1. The summed E-state index contributed by atoms with van der Waals surface area (Å²) in [5, 5.41) is 2.00. The zero-order valence-electron chi connectivity index (χ0n) is 12.7. The van der Waals surface area contributed by atoms with E-state index in [-0.39, 0.29) is 5.78 Å². The maximum Gasteiger partial charge on any atom is 0.193 e. The Balaban J connectivity index is 1.78. The molecule has 21 heavy (non-hydrogen) atoms. The Morgan fingerprint density at radius 2 is 2.48 bits per heavy atom. The van der Waals surface area contributed by atoms with E-state index in [9.17, 15) is 4.79 Å². The van der Waals surface area contributed by atoms with Gasteiger partial charge in [0, 0.05) is 24.4 Å². The molecule has 1 fully saturated rings. The van der Waals surface area contributed by atoms with Gasteiger partial charge in [0.2, 0.25) is 0 Å². The molecule has 0 amide bonds. The first kappa shape index (κ1) is 14.7. The Morgan fingerprint density at radius 3 is 3.19 bits per heavy atom. The summed E-state index contributed by atoms with van der Waals surface area (Å²) < 4.78 is 7.93. The Hall–Kier alpha value is -1.20. The lowest BCUT2D eigenvalue weighted by Gasteiger charge is -2.38. The van der Waals surface area contributed by atoms with Gasteiger partial charge in [-0.15, -0.1) is 11.3 Å². The summed E-state index contributed by atoms with van der Waals surface area (Å²) >= 11 is 1.59. The third-order valence-electron chi connectivity index (χ3n) is 4.37. The standard InChI is InChI=1S/C16H22N2O2S/c1-3-20-16(6-4-5-12(2)10-16)14(19)9-13-11-18-7-8-21-15(18)17-13/h7-8,11-12H,3-6,9-10H2,1-2H3. The smallest absolute Gasteiger partial charge is 0.193 e. The lowest BCUT2D eigenvalue weighted by Crippen LogP contribution is -2.46. The Morgan fingerprint density at radius 1 is 1.62 bits per heavy atom. The third-order valence-corrected chi connectivity index (χ3v) is 5.14. The second-order valence-corrected chi connectivity index (χ2v) is 6.93. The molecule has 0 aromatic carbocycles. The zero-order valence-corrected chi connectivity index (χ0v) is 13.5. The van der Waals surface area contributed by atoms with Gasteiger partial charge >= 0.3 is 0 Å². The van der Waals surface area contributed by atoms with Gasteiger partial charge in [-0.25, -0.2) is 4.98 Å². The van der Waals surface area contributed by atoms with E-state index < -0.39 is 5.60 Å². The molecule has 0 spiro atoms. The van der Waals surface area contributed by atoms with Crippen LogP contribution in [0.25, 0.3) is 4.96 Å². The summed E-state index contributed by atoms with van der Waals surface area (Å²) in [5.74, 6) is 0.751. The fourth-order valence-corrected chi connectivity index (χ4v) is 4.15. The first-order valence-corrected chi connectivity index (χ1v) is 8.59. The maximum atomic E-state index is 12.9. The second-order valence-electron chi connectivity index (χ2n) is 6.05. The van der Waals surface area contributed by atoms with Crippen LogP contribution in [-0.4, -0.2) is 27.4 Å². The van der Waals surface area contributed by atoms with Crippen molar-refractivity contribution in [3.63, 3.8) is 0 Å². The number of aromatic nitrogens is 2. The van der Waals surface area contributed by atoms with E-state index in [1.807, 2.05) is 29.1 Å². The van der Waals surface area contributed by atoms with Crippen molar-refractivity contribution in [1.29, 1.82) is 0 Å². The van der Waals surface area contributed by atoms with Gasteiger partial charge < -0.3 is 4.74 Å². The number of carbonyl (C=O) groups is 1. The summed E-state index contributed by atoms with van der Waals surface area (Å²) in [6, 6.07) is 0. The molecule has 5 heteroatoms. The average molecular weight is 306 g/mol. The number of imidazole rings is 1. The molecule has 1 aliphatic carbocycles. The SMILES string of the molecule is CCOC1(C(=O)Cc2cn3ccsc3n2)CCCC(C)C1. The van der Waals surface area contributed by atoms with E-state index in [1.165, 1.54) is 6.42 Å². The quantitative estimate of drug-likeness (QED) is 0.849. The van der Waals surface area contributed by atoms with Gasteiger partial charge in [0.15, 0.2) is 10.7 Å². The van der Waals surface area contributed by atoms with Crippen LogP contribution in [0.15, 0.2) is 17.8 Å². The van der Waals surface area contributed by atoms with Gasteiger partial charge in [-0.1, -0.05) is 13.3 Å². The molecule has 0 N–H and O–H groups in total. The number of fused-ring (bicyclic) bond motifs is 1. The Labute approximate surface area is 129 Å². The van der Waals surface area contributed by atoms with Crippen LogP contribution in [0.1, 0.15) is 45.2 Å². The van der Waals surface area contributed by atoms with E-state index in [2.05, 4.69) is 11.9 Å². The van der Waals surface area contributed by atoms with E-state index in [1.54, 1.807) is 11.3 Å². The van der Waals surface area contributed by atoms with Crippen LogP contribution in [0.5, 0.6) is 0 Å². The first-order chi connectivity index (χ1) is 10.1. The van der Waals surface area contributed by atoms with Crippen molar-refractivity contribution >= 4 is 22.1 Å². The fourth-order valence-electron chi connectivity index (χ4n) is 3.43. The molecule has 114 valence electrons. The van der Waals surface area contributed by atoms with Crippen molar-refractivity contribution in [2.24, 2.45) is 5.92 Å². The number of nitrogens with zero attached hydrogens (tertiary/aromatic N) is 2. The number of ether oxygens (including phenoxy) is 1. The van der Waals surface area contributed by atoms with Crippen molar-refractivity contribution < 1.29 is 9.53 Å². The summed E-state index contributed by atoms with van der Waals surface area (Å²) in [4.78, 5) is 18.3. The van der Waals surface area contributed by atoms with Crippen LogP contribution < -0.4 is 0 Å². The molecule has 2 heterocycles. The molecular formula is C16H22N2O2S. The molecule has 4 nitrogen and oxygen atoms in total. The number of hydrogen-bond donors (Lipinski definition) is 0. The lowest BCUT2D eigenvalue weighted by molar-refractivity contribution is -0.150. The van der Waals surface area contributed by atoms with Crippen molar-refractivity contribution in [3.8, 4) is 0 Å². The molecule has 2 atom stereocenters. The first-order valence-electron chi connectivity index (χ1n) is 7.71. The second kappa shape index (κ2) is 5.89. The summed E-state index contributed by atoms with van der Waals surface area (Å²) in [5.41, 5.74) is 0.271. The predicted molar refractivity (Wildman–Crippen MR) is 83.8 cm³/mol. The topological polar surface area (TPSA) is 43.6 Å². The summed E-state index contributed by atoms with van der Waals surface area (Å²) in [6.07, 6.45) is 8.28. The Bertz CT molecular complexity index is 601. The van der Waals surface area contributed by atoms with Crippen molar-refractivity contribution in [1.82, 2.24) is 9.38 Å². The number of ketones is 1. The molecule has 1 aliphatic rings. The van der Waals surface area contributed by atoms with Crippen LogP contribution in [-0.2, 0) is 16.0 Å². The molecule has 0 aliphatic heterocycles. The molecule has 2 aromatic heterocycles. The van der Waals surface area contributed by atoms with Gasteiger partial charge in [-0.05, 0) is 32.1 Å². The minimum Gasteiger partial charge on any atom is -0.367 e. The lowest BCUT2D eigenvalue weighted by atomic mass is 9.75. The van der Waals surface area contributed by atoms with Crippen LogP contribution in [0.3, 0.4) is 0 Å². The molecule has 0 saturated heterocycles. The monoisotopic (exact) mass is 306 g/mol. The normalized spacial score (nSPS) is 26.3. The van der Waals surface area contributed by atoms with Crippen molar-refractivity contribution in [2.45, 2.75) is 51.6 Å². The van der Waals surface area contributed by atoms with Crippen LogP contribution >= 0.6 is 11.3 Å². The highest BCUT2D eigenvalue weighted by Gasteiger charge is 2.42. The van der Waals surface area contributed by atoms with E-state index in [0.29, 0.717) is 18.9 Å². The maximum absolute atomic E-state index is 12.9. The largest absolute Gasteiger partial charge is 0.367 e. The predicted octanol–water partition coefficient (Wildman–Crippen LogP) is 3.49. The van der Waals surface area contributed by atoms with Gasteiger partial charge in [-0.3, -0.25) is 9.20 Å². The van der Waals surface area contributed by atoms with Crippen molar-refractivity contribution in [2.75, 3.05) is 6.61 Å². The number of carbonyl (C=O) groups excluding carboxylic acids is 1. The highest BCUT2D eigenvalue weighted by atomic mass is 32.1. The zero-order chi connectivity index (χ0) is 14.9. The third kappa shape index (κ3) is 2.90. The van der Waals surface area contributed by atoms with Crippen LogP contribution in [0.4, 0.5) is 0 Å². The fraction of sp³-hybridized carbons (Fsp3) is 0.625. The number of thiazole rings is 1. The van der Waals surface area contributed by atoms with Gasteiger partial charge in [0.25, 0.3) is 0 Å². The molecular weight excluding hydrogens is 284 g/mol. The molecule has 2 unspecified atom stereocenters. The molecule has 3 rings (SSSR count). The van der Waals surface area contributed by atoms with Gasteiger partial charge in [0.05, 0.1) is 12.1 Å². The van der Waals surface area contributed by atoms with E-state index >= 15 is 0 Å². The average Bonchev–Trinajstić information content (AvgIpc) is 2.99. The number of rotatable bonds is 5. The molecule has 0 radical (unpaired) electrons. The van der Waals surface area contributed by atoms with Crippen LogP contribution in [0.2, 0.25) is 0 Å². The highest BCUT2D eigenvalue weighted by Crippen LogP contribution is 2.36. The molecule has 1 saturated carbocycles. The van der Waals surface area contributed by atoms with Gasteiger partial charge in [0.1, 0.15) is 5.60 Å². The van der Waals surface area contributed by atoms with E-state index in [0.717, 1.165) is 29.9 Å².